The zero-order chi connectivity index (χ0) is 14.0. The number of hydrogen-bond donors (Lipinski definition) is 0. The van der Waals surface area contributed by atoms with Crippen LogP contribution in [-0.4, -0.2) is 9.97 Å². The molecular formula is C17H22N2. The maximum Gasteiger partial charge on any atom is 0.133 e. The van der Waals surface area contributed by atoms with Crippen molar-refractivity contribution in [2.45, 2.75) is 46.0 Å². The van der Waals surface area contributed by atoms with Gasteiger partial charge in [0.15, 0.2) is 0 Å². The van der Waals surface area contributed by atoms with Gasteiger partial charge in [-0.05, 0) is 17.0 Å². The summed E-state index contributed by atoms with van der Waals surface area (Å²) in [7, 11) is 0. The Morgan fingerprint density at radius 3 is 2.11 bits per heavy atom. The normalized spacial score (nSPS) is 11.9. The summed E-state index contributed by atoms with van der Waals surface area (Å²) < 4.78 is 0. The van der Waals surface area contributed by atoms with Crippen molar-refractivity contribution < 1.29 is 0 Å². The van der Waals surface area contributed by atoms with E-state index in [2.05, 4.69) is 68.9 Å². The van der Waals surface area contributed by atoms with Crippen molar-refractivity contribution in [1.82, 2.24) is 9.97 Å². The van der Waals surface area contributed by atoms with E-state index in [1.165, 1.54) is 11.1 Å². The standard InChI is InChI=1S/C17H22N2/c1-12(2)13-7-6-8-14(9-13)15-10-18-16(19-11-15)17(3,4)5/h6-12H,1-5H3. The fourth-order valence-corrected chi connectivity index (χ4v) is 1.94. The van der Waals surface area contributed by atoms with Gasteiger partial charge in [0.25, 0.3) is 0 Å². The predicted molar refractivity (Wildman–Crippen MR) is 80.3 cm³/mol. The Bertz CT molecular complexity index is 548. The highest BCUT2D eigenvalue weighted by Crippen LogP contribution is 2.24. The molecule has 1 aromatic heterocycles. The molecule has 2 aromatic rings. The number of nitrogens with zero attached hydrogens (tertiary/aromatic N) is 2. The van der Waals surface area contributed by atoms with Crippen molar-refractivity contribution in [2.24, 2.45) is 0 Å². The van der Waals surface area contributed by atoms with Gasteiger partial charge in [-0.3, -0.25) is 0 Å². The first-order valence-corrected chi connectivity index (χ1v) is 6.81. The van der Waals surface area contributed by atoms with Gasteiger partial charge in [-0.1, -0.05) is 58.9 Å². The van der Waals surface area contributed by atoms with Crippen LogP contribution < -0.4 is 0 Å². The molecule has 0 atom stereocenters. The Morgan fingerprint density at radius 1 is 0.947 bits per heavy atom. The quantitative estimate of drug-likeness (QED) is 0.785. The molecule has 0 aliphatic rings. The van der Waals surface area contributed by atoms with E-state index in [0.29, 0.717) is 5.92 Å². The van der Waals surface area contributed by atoms with E-state index < -0.39 is 0 Å². The first-order chi connectivity index (χ1) is 8.88. The predicted octanol–water partition coefficient (Wildman–Crippen LogP) is 4.56. The Labute approximate surface area is 115 Å². The molecule has 0 fully saturated rings. The third-order valence-corrected chi connectivity index (χ3v) is 3.21. The molecule has 0 aliphatic carbocycles. The minimum atomic E-state index is -0.00168. The number of benzene rings is 1. The zero-order valence-electron chi connectivity index (χ0n) is 12.4. The molecule has 0 amide bonds. The van der Waals surface area contributed by atoms with E-state index in [-0.39, 0.29) is 5.41 Å². The second-order valence-corrected chi connectivity index (χ2v) is 6.33. The molecule has 1 heterocycles. The summed E-state index contributed by atoms with van der Waals surface area (Å²) in [6.07, 6.45) is 3.85. The summed E-state index contributed by atoms with van der Waals surface area (Å²) in [5.74, 6) is 1.42. The van der Waals surface area contributed by atoms with Crippen molar-refractivity contribution in [2.75, 3.05) is 0 Å². The SMILES string of the molecule is CC(C)c1cccc(-c2cnc(C(C)(C)C)nc2)c1. The van der Waals surface area contributed by atoms with Crippen LogP contribution in [0.1, 0.15) is 51.9 Å². The van der Waals surface area contributed by atoms with Gasteiger partial charge in [0.2, 0.25) is 0 Å². The molecule has 2 rings (SSSR count). The largest absolute Gasteiger partial charge is 0.240 e. The molecule has 1 aromatic carbocycles. The van der Waals surface area contributed by atoms with Crippen molar-refractivity contribution in [1.29, 1.82) is 0 Å². The maximum absolute atomic E-state index is 4.49. The van der Waals surface area contributed by atoms with Crippen LogP contribution in [0.3, 0.4) is 0 Å². The Morgan fingerprint density at radius 2 is 1.58 bits per heavy atom. The monoisotopic (exact) mass is 254 g/mol. The molecule has 100 valence electrons. The van der Waals surface area contributed by atoms with Gasteiger partial charge in [0.05, 0.1) is 0 Å². The van der Waals surface area contributed by atoms with Gasteiger partial charge in [0.1, 0.15) is 5.82 Å². The van der Waals surface area contributed by atoms with E-state index in [9.17, 15) is 0 Å². The second-order valence-electron chi connectivity index (χ2n) is 6.33. The molecule has 19 heavy (non-hydrogen) atoms. The molecule has 0 radical (unpaired) electrons. The van der Waals surface area contributed by atoms with Crippen LogP contribution >= 0.6 is 0 Å². The third kappa shape index (κ3) is 3.19. The summed E-state index contributed by atoms with van der Waals surface area (Å²) in [6.45, 7) is 10.8. The number of rotatable bonds is 2. The molecule has 2 heteroatoms. The summed E-state index contributed by atoms with van der Waals surface area (Å²) in [5, 5.41) is 0. The van der Waals surface area contributed by atoms with Gasteiger partial charge in [-0.15, -0.1) is 0 Å². The Balaban J connectivity index is 2.35. The minimum absolute atomic E-state index is 0.00168. The first-order valence-electron chi connectivity index (χ1n) is 6.81. The molecule has 0 saturated heterocycles. The fourth-order valence-electron chi connectivity index (χ4n) is 1.94. The van der Waals surface area contributed by atoms with Crippen molar-refractivity contribution in [3.05, 3.63) is 48.0 Å². The number of aromatic nitrogens is 2. The average molecular weight is 254 g/mol. The highest BCUT2D eigenvalue weighted by Gasteiger charge is 2.16. The van der Waals surface area contributed by atoms with E-state index in [4.69, 9.17) is 0 Å². The zero-order valence-corrected chi connectivity index (χ0v) is 12.4. The highest BCUT2D eigenvalue weighted by molar-refractivity contribution is 5.62. The van der Waals surface area contributed by atoms with Gasteiger partial charge in [-0.25, -0.2) is 9.97 Å². The third-order valence-electron chi connectivity index (χ3n) is 3.21. The van der Waals surface area contributed by atoms with Crippen molar-refractivity contribution in [3.63, 3.8) is 0 Å². The lowest BCUT2D eigenvalue weighted by Crippen LogP contribution is -2.15. The van der Waals surface area contributed by atoms with Crippen LogP contribution in [-0.2, 0) is 5.41 Å². The van der Waals surface area contributed by atoms with Crippen LogP contribution in [0.4, 0.5) is 0 Å². The second kappa shape index (κ2) is 5.12. The first kappa shape index (κ1) is 13.7. The molecule has 0 N–H and O–H groups in total. The maximum atomic E-state index is 4.49. The topological polar surface area (TPSA) is 25.8 Å². The highest BCUT2D eigenvalue weighted by atomic mass is 14.9. The van der Waals surface area contributed by atoms with Gasteiger partial charge in [-0.2, -0.15) is 0 Å². The van der Waals surface area contributed by atoms with Gasteiger partial charge in [0, 0.05) is 23.4 Å². The van der Waals surface area contributed by atoms with Crippen LogP contribution in [0.2, 0.25) is 0 Å². The lowest BCUT2D eigenvalue weighted by Gasteiger charge is -2.16. The number of hydrogen-bond acceptors (Lipinski definition) is 2. The van der Waals surface area contributed by atoms with E-state index in [1.807, 2.05) is 12.4 Å². The molecule has 0 spiro atoms. The molecular weight excluding hydrogens is 232 g/mol. The summed E-state index contributed by atoms with van der Waals surface area (Å²) in [4.78, 5) is 8.98. The average Bonchev–Trinajstić information content (AvgIpc) is 2.38. The summed E-state index contributed by atoms with van der Waals surface area (Å²) in [6, 6.07) is 8.60. The van der Waals surface area contributed by atoms with Crippen LogP contribution in [0, 0.1) is 0 Å². The van der Waals surface area contributed by atoms with Crippen LogP contribution in [0.5, 0.6) is 0 Å². The summed E-state index contributed by atoms with van der Waals surface area (Å²) in [5.41, 5.74) is 3.61. The minimum Gasteiger partial charge on any atom is -0.240 e. The molecule has 2 nitrogen and oxygen atoms in total. The lowest BCUT2D eigenvalue weighted by molar-refractivity contribution is 0.545. The molecule has 0 aliphatic heterocycles. The van der Waals surface area contributed by atoms with Crippen LogP contribution in [0.15, 0.2) is 36.7 Å². The molecule has 0 bridgehead atoms. The van der Waals surface area contributed by atoms with Crippen molar-refractivity contribution >= 4 is 0 Å². The van der Waals surface area contributed by atoms with Gasteiger partial charge < -0.3 is 0 Å². The Kier molecular flexibility index (Phi) is 3.70. The van der Waals surface area contributed by atoms with Crippen LogP contribution in [0.25, 0.3) is 11.1 Å². The van der Waals surface area contributed by atoms with E-state index in [1.54, 1.807) is 0 Å². The molecule has 0 saturated carbocycles. The van der Waals surface area contributed by atoms with E-state index >= 15 is 0 Å². The van der Waals surface area contributed by atoms with E-state index in [0.717, 1.165) is 11.4 Å². The molecule has 0 unspecified atom stereocenters. The fraction of sp³-hybridized carbons (Fsp3) is 0.412. The Hall–Kier alpha value is -1.70. The lowest BCUT2D eigenvalue weighted by atomic mass is 9.95. The van der Waals surface area contributed by atoms with Gasteiger partial charge >= 0.3 is 0 Å². The summed E-state index contributed by atoms with van der Waals surface area (Å²) >= 11 is 0. The smallest absolute Gasteiger partial charge is 0.133 e. The van der Waals surface area contributed by atoms with Crippen molar-refractivity contribution in [3.8, 4) is 11.1 Å².